The highest BCUT2D eigenvalue weighted by Gasteiger charge is 2.41. The van der Waals surface area contributed by atoms with Gasteiger partial charge in [-0.05, 0) is 124 Å². The molecule has 0 amide bonds. The number of hydrogen-bond donors (Lipinski definition) is 2. The lowest BCUT2D eigenvalue weighted by atomic mass is 9.62. The van der Waals surface area contributed by atoms with Crippen LogP contribution in [0.1, 0.15) is 74.8 Å². The van der Waals surface area contributed by atoms with Crippen LogP contribution < -0.4 is 5.73 Å². The third-order valence-corrected chi connectivity index (χ3v) is 10.00. The van der Waals surface area contributed by atoms with Crippen LogP contribution in [-0.4, -0.2) is 19.5 Å². The van der Waals surface area contributed by atoms with E-state index in [0.29, 0.717) is 5.92 Å². The van der Waals surface area contributed by atoms with Gasteiger partial charge in [0, 0.05) is 18.3 Å². The van der Waals surface area contributed by atoms with Crippen LogP contribution in [0.25, 0.3) is 11.1 Å². The zero-order valence-corrected chi connectivity index (χ0v) is 37.4. The first-order chi connectivity index (χ1) is 29.3. The van der Waals surface area contributed by atoms with Gasteiger partial charge in [-0.15, -0.1) is 0 Å². The van der Waals surface area contributed by atoms with Crippen molar-refractivity contribution in [3.05, 3.63) is 234 Å². The molecule has 1 aliphatic carbocycles. The number of nitrogens with zero attached hydrogens (tertiary/aromatic N) is 1. The van der Waals surface area contributed by atoms with Gasteiger partial charge >= 0.3 is 0 Å². The van der Waals surface area contributed by atoms with Gasteiger partial charge in [-0.3, -0.25) is 4.99 Å². The number of rotatable bonds is 17. The molecule has 312 valence electrons. The molecular weight excluding hydrogens is 727 g/mol. The molecule has 4 aromatic rings. The molecule has 2 unspecified atom stereocenters. The second-order valence-electron chi connectivity index (χ2n) is 14.0. The molecule has 0 aliphatic heterocycles. The summed E-state index contributed by atoms with van der Waals surface area (Å²) in [5, 5.41) is 7.81. The van der Waals surface area contributed by atoms with Crippen LogP contribution in [0.2, 0.25) is 0 Å². The molecule has 4 aromatic carbocycles. The molecule has 0 saturated heterocycles. The maximum absolute atomic E-state index is 7.81. The fourth-order valence-corrected chi connectivity index (χ4v) is 6.91. The molecule has 1 aliphatic rings. The molecule has 3 heteroatoms. The molecule has 5 rings (SSSR count). The zero-order valence-electron chi connectivity index (χ0n) is 37.4. The largest absolute Gasteiger partial charge is 0.333 e. The maximum Gasteiger partial charge on any atom is 0.0677 e. The van der Waals surface area contributed by atoms with Crippen LogP contribution in [0.5, 0.6) is 0 Å². The number of nitrogens with one attached hydrogen (secondary N) is 1. The number of nitrogens with two attached hydrogens (primary N) is 1. The fourth-order valence-electron chi connectivity index (χ4n) is 6.91. The number of para-hydroxylation sites is 1. The second kappa shape index (κ2) is 28.3. The SMILES string of the molecule is C=C/C=C\C1C/C1=C\Cc1ccc(-c2ccc(C)c(C(C(=C)/C=C\C=N)(C(=C)CC/C=C\C)c3ccccc3N=C/C=C\C=C/C)c2)cc1.CC.CN.Cc1ccccc1. The highest BCUT2D eigenvalue weighted by atomic mass is 14.7. The first kappa shape index (κ1) is 50.0. The van der Waals surface area contributed by atoms with Crippen LogP contribution in [0, 0.1) is 25.2 Å². The normalized spacial score (nSPS) is 15.0. The minimum atomic E-state index is -0.797. The van der Waals surface area contributed by atoms with Crippen molar-refractivity contribution in [3.8, 4) is 11.1 Å². The van der Waals surface area contributed by atoms with Gasteiger partial charge in [-0.25, -0.2) is 0 Å². The Morgan fingerprint density at radius 2 is 1.48 bits per heavy atom. The van der Waals surface area contributed by atoms with E-state index in [-0.39, 0.29) is 0 Å². The van der Waals surface area contributed by atoms with Crippen LogP contribution in [-0.2, 0) is 11.8 Å². The molecule has 3 nitrogen and oxygen atoms in total. The Morgan fingerprint density at radius 1 is 0.800 bits per heavy atom. The van der Waals surface area contributed by atoms with Crippen molar-refractivity contribution in [2.45, 2.75) is 72.6 Å². The Kier molecular flexibility index (Phi) is 23.6. The summed E-state index contributed by atoms with van der Waals surface area (Å²) in [6.45, 7) is 25.5. The molecule has 0 spiro atoms. The molecule has 0 heterocycles. The summed E-state index contributed by atoms with van der Waals surface area (Å²) in [7, 11) is 1.50. The van der Waals surface area contributed by atoms with Crippen LogP contribution in [0.15, 0.2) is 211 Å². The molecule has 0 aromatic heterocycles. The Hall–Kier alpha value is -6.16. The lowest BCUT2D eigenvalue weighted by molar-refractivity contribution is 0.682. The molecule has 60 heavy (non-hydrogen) atoms. The van der Waals surface area contributed by atoms with Gasteiger partial charge in [0.1, 0.15) is 0 Å². The van der Waals surface area contributed by atoms with Crippen molar-refractivity contribution in [2.75, 3.05) is 7.05 Å². The smallest absolute Gasteiger partial charge is 0.0677 e. The summed E-state index contributed by atoms with van der Waals surface area (Å²) in [6.07, 6.45) is 31.2. The topological polar surface area (TPSA) is 62.2 Å². The van der Waals surface area contributed by atoms with E-state index >= 15 is 0 Å². The van der Waals surface area contributed by atoms with E-state index in [0.717, 1.165) is 70.3 Å². The standard InChI is InChI=1S/C47H50N2.C7H8.C2H6.CH5N/c1-7-10-13-17-33-49-46-23-16-15-22-44(46)47(38(6)20-18-32-48,37(5)19-14-11-8-2)45-35-43(28-24-36(45)4)40-29-25-39(26-30-40)27-31-42-34-41(42)21-12-9-3;1-7-5-3-2-4-6-7;2*1-2/h7-13,15-18,20-26,28-33,35,41,48H,3,5-6,14,19,27,34H2,1-2,4H3;2-6H,1H3;1-2H3;2H2,1H3/b10-7-,11-8-,17-13-,20-18-,21-12-,42-31+,48-32?,49-33?;;;. The van der Waals surface area contributed by atoms with E-state index < -0.39 is 5.41 Å². The van der Waals surface area contributed by atoms with E-state index in [2.05, 4.69) is 130 Å². The van der Waals surface area contributed by atoms with Gasteiger partial charge < -0.3 is 11.1 Å². The zero-order chi connectivity index (χ0) is 44.2. The van der Waals surface area contributed by atoms with Crippen molar-refractivity contribution >= 4 is 18.1 Å². The van der Waals surface area contributed by atoms with E-state index in [1.54, 1.807) is 6.08 Å². The third-order valence-electron chi connectivity index (χ3n) is 10.00. The number of aryl methyl sites for hydroxylation is 2. The quantitative estimate of drug-likeness (QED) is 0.0624. The fraction of sp³-hybridized carbons (Fsp3) is 0.228. The summed E-state index contributed by atoms with van der Waals surface area (Å²) in [4.78, 5) is 4.96. The van der Waals surface area contributed by atoms with Crippen LogP contribution in [0.4, 0.5) is 5.69 Å². The molecule has 0 radical (unpaired) electrons. The molecule has 0 bridgehead atoms. The van der Waals surface area contributed by atoms with E-state index in [1.165, 1.54) is 30.0 Å². The maximum atomic E-state index is 7.81. The van der Waals surface area contributed by atoms with Gasteiger partial charge in [0.2, 0.25) is 0 Å². The first-order valence-corrected chi connectivity index (χ1v) is 21.2. The van der Waals surface area contributed by atoms with Gasteiger partial charge in [-0.1, -0.05) is 196 Å². The number of hydrogen-bond acceptors (Lipinski definition) is 3. The van der Waals surface area contributed by atoms with Gasteiger partial charge in [0.15, 0.2) is 0 Å². The predicted molar refractivity (Wildman–Crippen MR) is 268 cm³/mol. The molecule has 2 atom stereocenters. The lowest BCUT2D eigenvalue weighted by Gasteiger charge is -2.40. The average Bonchev–Trinajstić information content (AvgIpc) is 4.05. The summed E-state index contributed by atoms with van der Waals surface area (Å²) < 4.78 is 0. The second-order valence-corrected chi connectivity index (χ2v) is 14.0. The minimum Gasteiger partial charge on any atom is -0.333 e. The van der Waals surface area contributed by atoms with Crippen molar-refractivity contribution in [3.63, 3.8) is 0 Å². The highest BCUT2D eigenvalue weighted by molar-refractivity contribution is 5.79. The van der Waals surface area contributed by atoms with Crippen LogP contribution in [0.3, 0.4) is 0 Å². The molecule has 3 N–H and O–H groups in total. The first-order valence-electron chi connectivity index (χ1n) is 21.2. The van der Waals surface area contributed by atoms with Crippen molar-refractivity contribution in [1.29, 1.82) is 5.41 Å². The van der Waals surface area contributed by atoms with Gasteiger partial charge in [-0.2, -0.15) is 0 Å². The Balaban J connectivity index is 0.000000995. The van der Waals surface area contributed by atoms with Crippen molar-refractivity contribution in [2.24, 2.45) is 16.6 Å². The van der Waals surface area contributed by atoms with Gasteiger partial charge in [0.05, 0.1) is 11.1 Å². The minimum absolute atomic E-state index is 0.574. The summed E-state index contributed by atoms with van der Waals surface area (Å²) in [5.41, 5.74) is 16.1. The molecule has 1 fully saturated rings. The highest BCUT2D eigenvalue weighted by Crippen LogP contribution is 2.51. The number of allylic oxidation sites excluding steroid dienone is 15. The monoisotopic (exact) mass is 796 g/mol. The van der Waals surface area contributed by atoms with E-state index in [1.807, 2.05) is 101 Å². The molecular formula is C57H69N3. The lowest BCUT2D eigenvalue weighted by Crippen LogP contribution is -2.33. The van der Waals surface area contributed by atoms with E-state index in [4.69, 9.17) is 17.0 Å². The summed E-state index contributed by atoms with van der Waals surface area (Å²) in [5.74, 6) is 0.574. The number of benzene rings is 4. The Morgan fingerprint density at radius 3 is 2.12 bits per heavy atom. The summed E-state index contributed by atoms with van der Waals surface area (Å²) >= 11 is 0. The third kappa shape index (κ3) is 14.9. The van der Waals surface area contributed by atoms with Crippen molar-refractivity contribution in [1.82, 2.24) is 0 Å². The molecule has 1 saturated carbocycles. The Labute approximate surface area is 363 Å². The van der Waals surface area contributed by atoms with Gasteiger partial charge in [0.25, 0.3) is 0 Å². The van der Waals surface area contributed by atoms with E-state index in [9.17, 15) is 0 Å². The Bertz CT molecular complexity index is 2150. The van der Waals surface area contributed by atoms with Crippen molar-refractivity contribution < 1.29 is 0 Å². The summed E-state index contributed by atoms with van der Waals surface area (Å²) in [6, 6.07) is 34.2. The predicted octanol–water partition coefficient (Wildman–Crippen LogP) is 15.3. The average molecular weight is 796 g/mol. The number of aliphatic imine (C=N–C) groups is 1. The van der Waals surface area contributed by atoms with Crippen LogP contribution >= 0.6 is 0 Å².